The first kappa shape index (κ1) is 42.6. The number of anilines is 3. The van der Waals surface area contributed by atoms with Crippen LogP contribution in [0, 0.1) is 19.8 Å². The lowest BCUT2D eigenvalue weighted by atomic mass is 9.74. The van der Waals surface area contributed by atoms with Crippen LogP contribution in [0.4, 0.5) is 17.1 Å². The summed E-state index contributed by atoms with van der Waals surface area (Å²) in [7, 11) is 0. The number of allylic oxidation sites excluding steroid dienone is 7. The van der Waals surface area contributed by atoms with E-state index in [-0.39, 0.29) is 11.1 Å². The van der Waals surface area contributed by atoms with Crippen molar-refractivity contribution in [1.29, 1.82) is 0 Å². The zero-order chi connectivity index (χ0) is 43.1. The zero-order valence-electron chi connectivity index (χ0n) is 38.4. The van der Waals surface area contributed by atoms with Gasteiger partial charge in [-0.25, -0.2) is 0 Å². The fourth-order valence-electron chi connectivity index (χ4n) is 9.96. The first-order valence-electron chi connectivity index (χ1n) is 22.9. The highest BCUT2D eigenvalue weighted by molar-refractivity contribution is 7.25. The molecule has 2 aliphatic rings. The minimum absolute atomic E-state index is 0.00679. The summed E-state index contributed by atoms with van der Waals surface area (Å²) in [5.41, 5.74) is 16.2. The van der Waals surface area contributed by atoms with Crippen LogP contribution in [0.2, 0.25) is 0 Å². The predicted molar refractivity (Wildman–Crippen MR) is 269 cm³/mol. The Morgan fingerprint density at radius 3 is 1.84 bits per heavy atom. The molecule has 0 spiro atoms. The third kappa shape index (κ3) is 8.31. The molecule has 0 amide bonds. The second-order valence-corrected chi connectivity index (χ2v) is 20.0. The fourth-order valence-corrected chi connectivity index (χ4v) is 11.0. The molecule has 8 rings (SSSR count). The first-order chi connectivity index (χ1) is 29.3. The molecule has 5 aromatic carbocycles. The lowest BCUT2D eigenvalue weighted by molar-refractivity contribution is 0.333. The Hall–Kier alpha value is -5.12. The van der Waals surface area contributed by atoms with Crippen molar-refractivity contribution in [2.24, 2.45) is 5.92 Å². The van der Waals surface area contributed by atoms with Crippen molar-refractivity contribution in [3.8, 4) is 11.1 Å². The molecule has 0 bridgehead atoms. The average molecular weight is 823 g/mol. The minimum atomic E-state index is -0.146. The van der Waals surface area contributed by atoms with Gasteiger partial charge in [0.05, 0.1) is 0 Å². The molecule has 0 radical (unpaired) electrons. The van der Waals surface area contributed by atoms with Gasteiger partial charge in [-0.3, -0.25) is 0 Å². The molecule has 6 aromatic rings. The number of aryl methyl sites for hydroxylation is 2. The van der Waals surface area contributed by atoms with E-state index in [1.165, 1.54) is 81.9 Å². The van der Waals surface area contributed by atoms with Crippen LogP contribution in [0.25, 0.3) is 31.3 Å². The van der Waals surface area contributed by atoms with E-state index in [9.17, 15) is 0 Å². The zero-order valence-corrected chi connectivity index (χ0v) is 39.2. The molecule has 0 N–H and O–H groups in total. The van der Waals surface area contributed by atoms with Crippen molar-refractivity contribution < 1.29 is 0 Å². The molecule has 2 nitrogen and oxygen atoms in total. The van der Waals surface area contributed by atoms with Crippen LogP contribution in [-0.2, 0) is 0 Å². The van der Waals surface area contributed by atoms with E-state index in [0.29, 0.717) is 11.8 Å². The Morgan fingerprint density at radius 2 is 1.23 bits per heavy atom. The van der Waals surface area contributed by atoms with E-state index in [4.69, 9.17) is 0 Å². The standard InChI is InChI=1S/C58H66N2S/c1-11-57(8,9)59(51-34-36-56-53(38-51)52-15-13-14-16-55(52)61-56)49-30-26-47(27-31-49)46-24-20-44(21-25-46)42(7)58(10,12-2)60(54-35-17-40(5)37-41(54)6)50-32-28-48(29-33-50)45-22-18-43(19-23-45)39(3)4/h13-20,22-24,26,28-30,32-39,42H,11-12,21,25,27,31H2,1-10H3. The summed E-state index contributed by atoms with van der Waals surface area (Å²) in [6.45, 7) is 23.5. The topological polar surface area (TPSA) is 6.48 Å². The monoisotopic (exact) mass is 822 g/mol. The molecular weight excluding hydrogens is 757 g/mol. The molecule has 1 aromatic heterocycles. The molecule has 3 heteroatoms. The Balaban J connectivity index is 1.07. The van der Waals surface area contributed by atoms with Crippen LogP contribution in [0.1, 0.15) is 117 Å². The van der Waals surface area contributed by atoms with Crippen molar-refractivity contribution in [1.82, 2.24) is 0 Å². The number of thiophene rings is 1. The van der Waals surface area contributed by atoms with Gasteiger partial charge in [-0.2, -0.15) is 0 Å². The Morgan fingerprint density at radius 1 is 0.590 bits per heavy atom. The highest BCUT2D eigenvalue weighted by Crippen LogP contribution is 2.47. The minimum Gasteiger partial charge on any atom is -0.340 e. The maximum Gasteiger partial charge on any atom is 0.0483 e. The van der Waals surface area contributed by atoms with Gasteiger partial charge < -0.3 is 9.80 Å². The normalized spacial score (nSPS) is 16.2. The van der Waals surface area contributed by atoms with Crippen LogP contribution in [0.15, 0.2) is 156 Å². The van der Waals surface area contributed by atoms with Crippen LogP contribution >= 0.6 is 11.3 Å². The van der Waals surface area contributed by atoms with Crippen molar-refractivity contribution in [2.45, 2.75) is 125 Å². The number of benzene rings is 5. The smallest absolute Gasteiger partial charge is 0.0483 e. The van der Waals surface area contributed by atoms with Crippen LogP contribution in [0.3, 0.4) is 0 Å². The molecule has 2 aliphatic carbocycles. The number of fused-ring (bicyclic) bond motifs is 3. The Kier molecular flexibility index (Phi) is 12.1. The molecule has 0 saturated carbocycles. The van der Waals surface area contributed by atoms with E-state index in [2.05, 4.69) is 213 Å². The molecule has 314 valence electrons. The van der Waals surface area contributed by atoms with Gasteiger partial charge in [0.25, 0.3) is 0 Å². The molecule has 61 heavy (non-hydrogen) atoms. The summed E-state index contributed by atoms with van der Waals surface area (Å²) in [6.07, 6.45) is 16.2. The SMILES string of the molecule is CCC(C)(C)N(C1=CC=C(C2=CC=C(C(C)C(C)(CC)N(c3ccc(-c4ccc(C(C)C)cc4)cc3)c3ccc(C)cc3C)CC2)CC1)c1ccc2sc3ccccc3c2c1. The molecular formula is C58H66N2S. The maximum atomic E-state index is 2.66. The second kappa shape index (κ2) is 17.3. The van der Waals surface area contributed by atoms with Crippen LogP contribution in [0.5, 0.6) is 0 Å². The molecule has 1 heterocycles. The van der Waals surface area contributed by atoms with Crippen LogP contribution in [-0.4, -0.2) is 11.1 Å². The van der Waals surface area contributed by atoms with Crippen molar-refractivity contribution in [3.05, 3.63) is 173 Å². The van der Waals surface area contributed by atoms with Gasteiger partial charge in [-0.05, 0) is 161 Å². The average Bonchev–Trinajstić information content (AvgIpc) is 3.65. The molecule has 2 unspecified atom stereocenters. The highest BCUT2D eigenvalue weighted by atomic mass is 32.1. The molecule has 0 fully saturated rings. The van der Waals surface area contributed by atoms with Gasteiger partial charge in [0, 0.05) is 59.9 Å². The highest BCUT2D eigenvalue weighted by Gasteiger charge is 2.40. The summed E-state index contributed by atoms with van der Waals surface area (Å²) < 4.78 is 2.72. The summed E-state index contributed by atoms with van der Waals surface area (Å²) in [5, 5.41) is 2.73. The Bertz CT molecular complexity index is 2660. The van der Waals surface area contributed by atoms with Crippen molar-refractivity contribution >= 4 is 48.6 Å². The van der Waals surface area contributed by atoms with Crippen LogP contribution < -0.4 is 9.80 Å². The lowest BCUT2D eigenvalue weighted by Gasteiger charge is -2.48. The fraction of sp³-hybridized carbons (Fsp3) is 0.345. The summed E-state index contributed by atoms with van der Waals surface area (Å²) in [6, 6.07) is 41.4. The van der Waals surface area contributed by atoms with Gasteiger partial charge in [-0.1, -0.05) is 131 Å². The van der Waals surface area contributed by atoms with E-state index in [1.54, 1.807) is 5.57 Å². The quantitative estimate of drug-likeness (QED) is 0.114. The van der Waals surface area contributed by atoms with Gasteiger partial charge in [0.1, 0.15) is 0 Å². The summed E-state index contributed by atoms with van der Waals surface area (Å²) in [4.78, 5) is 5.29. The Labute approximate surface area is 371 Å². The number of rotatable bonds is 13. The van der Waals surface area contributed by atoms with Gasteiger partial charge >= 0.3 is 0 Å². The van der Waals surface area contributed by atoms with E-state index < -0.39 is 0 Å². The third-order valence-electron chi connectivity index (χ3n) is 14.4. The van der Waals surface area contributed by atoms with Gasteiger partial charge in [-0.15, -0.1) is 11.3 Å². The third-order valence-corrected chi connectivity index (χ3v) is 15.6. The molecule has 2 atom stereocenters. The molecule has 0 aliphatic heterocycles. The number of hydrogen-bond acceptors (Lipinski definition) is 3. The largest absolute Gasteiger partial charge is 0.340 e. The van der Waals surface area contributed by atoms with E-state index in [0.717, 1.165) is 38.5 Å². The van der Waals surface area contributed by atoms with E-state index in [1.807, 2.05) is 11.3 Å². The van der Waals surface area contributed by atoms with Crippen molar-refractivity contribution in [3.63, 3.8) is 0 Å². The van der Waals surface area contributed by atoms with Crippen molar-refractivity contribution in [2.75, 3.05) is 9.80 Å². The first-order valence-corrected chi connectivity index (χ1v) is 23.7. The van der Waals surface area contributed by atoms with Gasteiger partial charge in [0.2, 0.25) is 0 Å². The molecule has 0 saturated heterocycles. The summed E-state index contributed by atoms with van der Waals surface area (Å²) >= 11 is 1.90. The maximum absolute atomic E-state index is 2.66. The number of nitrogens with zero attached hydrogens (tertiary/aromatic N) is 2. The predicted octanol–water partition coefficient (Wildman–Crippen LogP) is 17.4. The van der Waals surface area contributed by atoms with E-state index >= 15 is 0 Å². The lowest BCUT2D eigenvalue weighted by Crippen LogP contribution is -2.49. The summed E-state index contributed by atoms with van der Waals surface area (Å²) in [5.74, 6) is 0.872. The second-order valence-electron chi connectivity index (χ2n) is 18.9. The number of hydrogen-bond donors (Lipinski definition) is 0. The van der Waals surface area contributed by atoms with Gasteiger partial charge in [0.15, 0.2) is 0 Å².